The van der Waals surface area contributed by atoms with Gasteiger partial charge in [-0.15, -0.1) is 0 Å². The molecule has 0 radical (unpaired) electrons. The molecule has 2 rings (SSSR count). The summed E-state index contributed by atoms with van der Waals surface area (Å²) in [5, 5.41) is 9.03. The molecule has 62 valence electrons. The molecule has 0 aromatic rings. The van der Waals surface area contributed by atoms with Gasteiger partial charge in [-0.25, -0.2) is 0 Å². The van der Waals surface area contributed by atoms with Crippen molar-refractivity contribution in [3.05, 3.63) is 12.2 Å². The van der Waals surface area contributed by atoms with E-state index in [0.717, 1.165) is 19.0 Å². The Morgan fingerprint density at radius 3 is 2.45 bits per heavy atom. The molecule has 1 aliphatic heterocycles. The maximum Gasteiger partial charge on any atom is 0.0793 e. The van der Waals surface area contributed by atoms with E-state index in [1.807, 2.05) is 0 Å². The normalized spacial score (nSPS) is 27.7. The minimum absolute atomic E-state index is 0.0376. The smallest absolute Gasteiger partial charge is 0.0793 e. The van der Waals surface area contributed by atoms with Crippen LogP contribution in [0.1, 0.15) is 12.8 Å². The number of aliphatic hydroxyl groups is 1. The van der Waals surface area contributed by atoms with Crippen molar-refractivity contribution in [1.82, 2.24) is 4.90 Å². The van der Waals surface area contributed by atoms with Crippen molar-refractivity contribution in [3.8, 4) is 0 Å². The van der Waals surface area contributed by atoms with Crippen LogP contribution >= 0.6 is 0 Å². The standard InChI is InChI=1S/C9H15NO/c11-9-6-10(7-9)5-8-3-1-2-4-8/h1-2,8-9,11H,3-7H2. The molecule has 1 fully saturated rings. The van der Waals surface area contributed by atoms with Gasteiger partial charge in [0.25, 0.3) is 0 Å². The molecule has 2 nitrogen and oxygen atoms in total. The van der Waals surface area contributed by atoms with Gasteiger partial charge in [0.2, 0.25) is 0 Å². The molecule has 1 N–H and O–H groups in total. The molecule has 2 heteroatoms. The van der Waals surface area contributed by atoms with Crippen molar-refractivity contribution >= 4 is 0 Å². The molecule has 11 heavy (non-hydrogen) atoms. The lowest BCUT2D eigenvalue weighted by molar-refractivity contribution is -0.00557. The predicted octanol–water partition coefficient (Wildman–Crippen LogP) is 0.629. The van der Waals surface area contributed by atoms with Crippen molar-refractivity contribution in [2.45, 2.75) is 18.9 Å². The first kappa shape index (κ1) is 7.32. The first-order chi connectivity index (χ1) is 5.34. The van der Waals surface area contributed by atoms with Crippen molar-refractivity contribution < 1.29 is 5.11 Å². The summed E-state index contributed by atoms with van der Waals surface area (Å²) in [4.78, 5) is 2.34. The molecule has 0 unspecified atom stereocenters. The summed E-state index contributed by atoms with van der Waals surface area (Å²) in [5.74, 6) is 0.836. The van der Waals surface area contributed by atoms with Gasteiger partial charge in [-0.3, -0.25) is 4.90 Å². The van der Waals surface area contributed by atoms with E-state index in [2.05, 4.69) is 17.1 Å². The molecule has 1 saturated heterocycles. The van der Waals surface area contributed by atoms with Crippen LogP contribution in [-0.2, 0) is 0 Å². The average molecular weight is 153 g/mol. The zero-order valence-electron chi connectivity index (χ0n) is 6.74. The van der Waals surface area contributed by atoms with Gasteiger partial charge in [0.15, 0.2) is 0 Å². The molecule has 0 amide bonds. The van der Waals surface area contributed by atoms with Crippen LogP contribution in [0, 0.1) is 5.92 Å². The molecule has 0 saturated carbocycles. The number of allylic oxidation sites excluding steroid dienone is 2. The second-order valence-corrected chi connectivity index (χ2v) is 3.68. The highest BCUT2D eigenvalue weighted by atomic mass is 16.3. The first-order valence-electron chi connectivity index (χ1n) is 4.40. The largest absolute Gasteiger partial charge is 0.390 e. The fourth-order valence-electron chi connectivity index (χ4n) is 1.88. The Bertz CT molecular complexity index is 153. The number of rotatable bonds is 2. The van der Waals surface area contributed by atoms with Crippen LogP contribution in [0.3, 0.4) is 0 Å². The van der Waals surface area contributed by atoms with E-state index in [1.54, 1.807) is 0 Å². The summed E-state index contributed by atoms with van der Waals surface area (Å²) in [6.07, 6.45) is 6.98. The summed E-state index contributed by atoms with van der Waals surface area (Å²) >= 11 is 0. The SMILES string of the molecule is OC1CN(CC2CC=CC2)C1. The van der Waals surface area contributed by atoms with Gasteiger partial charge >= 0.3 is 0 Å². The number of nitrogens with zero attached hydrogens (tertiary/aromatic N) is 1. The third-order valence-electron chi connectivity index (χ3n) is 2.56. The highest BCUT2D eigenvalue weighted by molar-refractivity contribution is 4.96. The lowest BCUT2D eigenvalue weighted by atomic mass is 10.0. The van der Waals surface area contributed by atoms with Crippen LogP contribution in [0.5, 0.6) is 0 Å². The Morgan fingerprint density at radius 1 is 1.27 bits per heavy atom. The van der Waals surface area contributed by atoms with Crippen LogP contribution in [0.2, 0.25) is 0 Å². The van der Waals surface area contributed by atoms with E-state index in [-0.39, 0.29) is 6.10 Å². The highest BCUT2D eigenvalue weighted by Crippen LogP contribution is 2.21. The summed E-state index contributed by atoms with van der Waals surface area (Å²) in [6, 6.07) is 0. The van der Waals surface area contributed by atoms with Crippen LogP contribution in [0.4, 0.5) is 0 Å². The van der Waals surface area contributed by atoms with E-state index >= 15 is 0 Å². The molecule has 0 bridgehead atoms. The Morgan fingerprint density at radius 2 is 1.91 bits per heavy atom. The number of likely N-dealkylation sites (tertiary alicyclic amines) is 1. The van der Waals surface area contributed by atoms with E-state index in [4.69, 9.17) is 5.11 Å². The maximum atomic E-state index is 9.03. The second kappa shape index (κ2) is 2.95. The van der Waals surface area contributed by atoms with Crippen LogP contribution in [0.25, 0.3) is 0 Å². The van der Waals surface area contributed by atoms with Crippen LogP contribution in [0.15, 0.2) is 12.2 Å². The minimum atomic E-state index is -0.0376. The van der Waals surface area contributed by atoms with Crippen molar-refractivity contribution in [2.24, 2.45) is 5.92 Å². The van der Waals surface area contributed by atoms with E-state index < -0.39 is 0 Å². The topological polar surface area (TPSA) is 23.5 Å². The Kier molecular flexibility index (Phi) is 1.96. The van der Waals surface area contributed by atoms with Crippen LogP contribution in [-0.4, -0.2) is 35.7 Å². The number of hydrogen-bond acceptors (Lipinski definition) is 2. The van der Waals surface area contributed by atoms with Crippen molar-refractivity contribution in [1.29, 1.82) is 0 Å². The molecular weight excluding hydrogens is 138 g/mol. The molecule has 0 atom stereocenters. The fourth-order valence-corrected chi connectivity index (χ4v) is 1.88. The van der Waals surface area contributed by atoms with E-state index in [0.29, 0.717) is 0 Å². The van der Waals surface area contributed by atoms with Crippen LogP contribution < -0.4 is 0 Å². The van der Waals surface area contributed by atoms with Gasteiger partial charge in [0.1, 0.15) is 0 Å². The summed E-state index contributed by atoms with van der Waals surface area (Å²) < 4.78 is 0. The minimum Gasteiger partial charge on any atom is -0.390 e. The number of aliphatic hydroxyl groups excluding tert-OH is 1. The first-order valence-corrected chi connectivity index (χ1v) is 4.40. The molecule has 1 aliphatic carbocycles. The molecule has 1 heterocycles. The fraction of sp³-hybridized carbons (Fsp3) is 0.778. The second-order valence-electron chi connectivity index (χ2n) is 3.68. The van der Waals surface area contributed by atoms with E-state index in [1.165, 1.54) is 19.4 Å². The number of hydrogen-bond donors (Lipinski definition) is 1. The maximum absolute atomic E-state index is 9.03. The monoisotopic (exact) mass is 153 g/mol. The summed E-state index contributed by atoms with van der Waals surface area (Å²) in [6.45, 7) is 2.98. The van der Waals surface area contributed by atoms with Gasteiger partial charge in [0, 0.05) is 19.6 Å². The predicted molar refractivity (Wildman–Crippen MR) is 44.3 cm³/mol. The Labute approximate surface area is 67.5 Å². The molecular formula is C9H15NO. The van der Waals surface area contributed by atoms with Gasteiger partial charge in [-0.05, 0) is 18.8 Å². The van der Waals surface area contributed by atoms with Gasteiger partial charge in [-0.1, -0.05) is 12.2 Å². The highest BCUT2D eigenvalue weighted by Gasteiger charge is 2.26. The number of β-amino-alcohol motifs (C(OH)–C–C–N with tert-alkyl or cyclic N) is 1. The Hall–Kier alpha value is -0.340. The van der Waals surface area contributed by atoms with Gasteiger partial charge in [0.05, 0.1) is 6.10 Å². The molecule has 2 aliphatic rings. The van der Waals surface area contributed by atoms with Crippen molar-refractivity contribution in [3.63, 3.8) is 0 Å². The third-order valence-corrected chi connectivity index (χ3v) is 2.56. The van der Waals surface area contributed by atoms with Gasteiger partial charge < -0.3 is 5.11 Å². The molecule has 0 spiro atoms. The lowest BCUT2D eigenvalue weighted by Gasteiger charge is -2.37. The van der Waals surface area contributed by atoms with Gasteiger partial charge in [-0.2, -0.15) is 0 Å². The average Bonchev–Trinajstić information content (AvgIpc) is 2.36. The van der Waals surface area contributed by atoms with Crippen molar-refractivity contribution in [2.75, 3.05) is 19.6 Å². The zero-order chi connectivity index (χ0) is 7.68. The Balaban J connectivity index is 1.67. The lowest BCUT2D eigenvalue weighted by Crippen LogP contribution is -2.51. The molecule has 0 aromatic heterocycles. The summed E-state index contributed by atoms with van der Waals surface area (Å²) in [7, 11) is 0. The quantitative estimate of drug-likeness (QED) is 0.588. The summed E-state index contributed by atoms with van der Waals surface area (Å²) in [5.41, 5.74) is 0. The third kappa shape index (κ3) is 1.63. The zero-order valence-corrected chi connectivity index (χ0v) is 6.74. The van der Waals surface area contributed by atoms with E-state index in [9.17, 15) is 0 Å². The molecule has 0 aromatic carbocycles.